The molecule has 1 N–H and O–H groups in total. The number of aryl methyl sites for hydroxylation is 1. The van der Waals surface area contributed by atoms with E-state index in [1.54, 1.807) is 41.8 Å². The summed E-state index contributed by atoms with van der Waals surface area (Å²) in [4.78, 5) is 7.02. The van der Waals surface area contributed by atoms with E-state index < -0.39 is 10.0 Å². The summed E-state index contributed by atoms with van der Waals surface area (Å²) in [6.07, 6.45) is 2.48. The van der Waals surface area contributed by atoms with Crippen molar-refractivity contribution < 1.29 is 12.8 Å². The van der Waals surface area contributed by atoms with E-state index in [0.717, 1.165) is 38.2 Å². The van der Waals surface area contributed by atoms with Crippen LogP contribution in [0.2, 0.25) is 0 Å². The smallest absolute Gasteiger partial charge is 0.243 e. The van der Waals surface area contributed by atoms with Crippen molar-refractivity contribution in [3.05, 3.63) is 36.4 Å². The number of oxazole rings is 1. The summed E-state index contributed by atoms with van der Waals surface area (Å²) in [6, 6.07) is 7.21. The Kier molecular flexibility index (Phi) is 4.83. The van der Waals surface area contributed by atoms with E-state index in [-0.39, 0.29) is 0 Å². The van der Waals surface area contributed by atoms with E-state index in [1.807, 2.05) is 0 Å². The topological polar surface area (TPSA) is 78.7 Å². The van der Waals surface area contributed by atoms with E-state index in [1.165, 1.54) is 0 Å². The summed E-state index contributed by atoms with van der Waals surface area (Å²) >= 11 is 0. The zero-order chi connectivity index (χ0) is 18.1. The standard InChI is InChI=1S/C18H24N4O3S/c1-14-20-18(13-25-14)15-2-4-17(5-3-15)26(23,24)22-9-6-16(12-22)21-10-7-19-8-11-21/h2-5,13,16,19H,6-12H2,1H3. The molecule has 2 aromatic rings. The maximum Gasteiger partial charge on any atom is 0.243 e. The quantitative estimate of drug-likeness (QED) is 0.867. The Morgan fingerprint density at radius 2 is 1.88 bits per heavy atom. The van der Waals surface area contributed by atoms with Crippen molar-refractivity contribution in [2.24, 2.45) is 0 Å². The van der Waals surface area contributed by atoms with Crippen LogP contribution in [0.1, 0.15) is 12.3 Å². The molecule has 2 fully saturated rings. The van der Waals surface area contributed by atoms with Crippen LogP contribution in [0.4, 0.5) is 0 Å². The predicted octanol–water partition coefficient (Wildman–Crippen LogP) is 1.32. The maximum absolute atomic E-state index is 13.0. The van der Waals surface area contributed by atoms with Crippen molar-refractivity contribution in [1.29, 1.82) is 0 Å². The number of rotatable bonds is 4. The predicted molar refractivity (Wildman–Crippen MR) is 98.3 cm³/mol. The molecule has 0 spiro atoms. The third-order valence-electron chi connectivity index (χ3n) is 5.20. The van der Waals surface area contributed by atoms with Crippen molar-refractivity contribution in [3.8, 4) is 11.3 Å². The molecule has 1 unspecified atom stereocenters. The van der Waals surface area contributed by atoms with Crippen LogP contribution < -0.4 is 5.32 Å². The average Bonchev–Trinajstić information content (AvgIpc) is 3.32. The van der Waals surface area contributed by atoms with Crippen LogP contribution in [0.5, 0.6) is 0 Å². The van der Waals surface area contributed by atoms with Crippen molar-refractivity contribution in [2.45, 2.75) is 24.3 Å². The molecule has 4 rings (SSSR count). The minimum Gasteiger partial charge on any atom is -0.449 e. The van der Waals surface area contributed by atoms with Crippen LogP contribution in [0.25, 0.3) is 11.3 Å². The Morgan fingerprint density at radius 3 is 2.54 bits per heavy atom. The molecule has 7 nitrogen and oxygen atoms in total. The molecular formula is C18H24N4O3S. The van der Waals surface area contributed by atoms with Gasteiger partial charge in [-0.2, -0.15) is 4.31 Å². The van der Waals surface area contributed by atoms with Crippen LogP contribution in [-0.2, 0) is 10.0 Å². The highest BCUT2D eigenvalue weighted by atomic mass is 32.2. The summed E-state index contributed by atoms with van der Waals surface area (Å²) in [6.45, 7) is 6.88. The molecular weight excluding hydrogens is 352 g/mol. The van der Waals surface area contributed by atoms with Gasteiger partial charge >= 0.3 is 0 Å². The van der Waals surface area contributed by atoms with E-state index >= 15 is 0 Å². The second-order valence-electron chi connectivity index (χ2n) is 6.87. The first-order chi connectivity index (χ1) is 12.5. The molecule has 1 aromatic carbocycles. The maximum atomic E-state index is 13.0. The summed E-state index contributed by atoms with van der Waals surface area (Å²) in [5.74, 6) is 0.590. The van der Waals surface area contributed by atoms with Gasteiger partial charge < -0.3 is 9.73 Å². The van der Waals surface area contributed by atoms with Gasteiger partial charge in [-0.1, -0.05) is 12.1 Å². The molecule has 1 atom stereocenters. The average molecular weight is 376 g/mol. The van der Waals surface area contributed by atoms with Gasteiger partial charge in [0.15, 0.2) is 5.89 Å². The lowest BCUT2D eigenvalue weighted by molar-refractivity contribution is 0.179. The van der Waals surface area contributed by atoms with Gasteiger partial charge in [-0.25, -0.2) is 13.4 Å². The van der Waals surface area contributed by atoms with Gasteiger partial charge in [-0.05, 0) is 18.6 Å². The van der Waals surface area contributed by atoms with E-state index in [0.29, 0.717) is 35.6 Å². The minimum atomic E-state index is -3.46. The van der Waals surface area contributed by atoms with Gasteiger partial charge in [0.1, 0.15) is 12.0 Å². The number of nitrogens with one attached hydrogen (secondary N) is 1. The minimum absolute atomic E-state index is 0.323. The number of benzene rings is 1. The molecule has 2 aliphatic heterocycles. The SMILES string of the molecule is Cc1nc(-c2ccc(S(=O)(=O)N3CCC(N4CCNCC4)C3)cc2)co1. The summed E-state index contributed by atoms with van der Waals surface area (Å²) in [7, 11) is -3.46. The first-order valence-corrected chi connectivity index (χ1v) is 10.5. The summed E-state index contributed by atoms with van der Waals surface area (Å²) in [5.41, 5.74) is 1.56. The Bertz CT molecular complexity index is 857. The second-order valence-corrected chi connectivity index (χ2v) is 8.81. The van der Waals surface area contributed by atoms with Crippen LogP contribution in [0.15, 0.2) is 39.8 Å². The third kappa shape index (κ3) is 3.42. The lowest BCUT2D eigenvalue weighted by Crippen LogP contribution is -2.49. The van der Waals surface area contributed by atoms with Crippen LogP contribution in [0.3, 0.4) is 0 Å². The Balaban J connectivity index is 1.48. The van der Waals surface area contributed by atoms with Crippen molar-refractivity contribution >= 4 is 10.0 Å². The Labute approximate surface area is 154 Å². The highest BCUT2D eigenvalue weighted by Gasteiger charge is 2.35. The molecule has 3 heterocycles. The van der Waals surface area contributed by atoms with Crippen LogP contribution in [-0.4, -0.2) is 67.9 Å². The zero-order valence-electron chi connectivity index (χ0n) is 14.9. The first-order valence-electron chi connectivity index (χ1n) is 9.01. The number of hydrogen-bond donors (Lipinski definition) is 1. The molecule has 0 bridgehead atoms. The van der Waals surface area contributed by atoms with Gasteiger partial charge in [-0.3, -0.25) is 4.90 Å². The molecule has 1 aromatic heterocycles. The monoisotopic (exact) mass is 376 g/mol. The molecule has 0 radical (unpaired) electrons. The zero-order valence-corrected chi connectivity index (χ0v) is 15.7. The highest BCUT2D eigenvalue weighted by Crippen LogP contribution is 2.26. The Morgan fingerprint density at radius 1 is 1.15 bits per heavy atom. The van der Waals surface area contributed by atoms with Gasteiger partial charge in [0.05, 0.1) is 4.90 Å². The van der Waals surface area contributed by atoms with E-state index in [9.17, 15) is 8.42 Å². The van der Waals surface area contributed by atoms with Crippen LogP contribution in [0, 0.1) is 6.92 Å². The molecule has 0 amide bonds. The van der Waals surface area contributed by atoms with Gasteiger partial charge in [0, 0.05) is 57.8 Å². The fraction of sp³-hybridized carbons (Fsp3) is 0.500. The van der Waals surface area contributed by atoms with Gasteiger partial charge in [0.25, 0.3) is 0 Å². The fourth-order valence-electron chi connectivity index (χ4n) is 3.72. The number of sulfonamides is 1. The second kappa shape index (κ2) is 7.11. The molecule has 0 aliphatic carbocycles. The molecule has 26 heavy (non-hydrogen) atoms. The lowest BCUT2D eigenvalue weighted by Gasteiger charge is -2.32. The normalized spacial score (nSPS) is 22.7. The number of hydrogen-bond acceptors (Lipinski definition) is 6. The van der Waals surface area contributed by atoms with Crippen molar-refractivity contribution in [2.75, 3.05) is 39.3 Å². The number of nitrogens with zero attached hydrogens (tertiary/aromatic N) is 3. The van der Waals surface area contributed by atoms with Gasteiger partial charge in [0.2, 0.25) is 10.0 Å². The van der Waals surface area contributed by atoms with Crippen LogP contribution >= 0.6 is 0 Å². The number of aromatic nitrogens is 1. The summed E-state index contributed by atoms with van der Waals surface area (Å²) in [5, 5.41) is 3.34. The number of piperazine rings is 1. The third-order valence-corrected chi connectivity index (χ3v) is 7.08. The molecule has 140 valence electrons. The lowest BCUT2D eigenvalue weighted by atomic mass is 10.2. The van der Waals surface area contributed by atoms with E-state index in [2.05, 4.69) is 15.2 Å². The fourth-order valence-corrected chi connectivity index (χ4v) is 5.21. The Hall–Kier alpha value is -1.74. The molecule has 8 heteroatoms. The van der Waals surface area contributed by atoms with E-state index in [4.69, 9.17) is 4.42 Å². The first kappa shape index (κ1) is 17.7. The molecule has 2 aliphatic rings. The molecule has 0 saturated carbocycles. The van der Waals surface area contributed by atoms with Crippen molar-refractivity contribution in [3.63, 3.8) is 0 Å². The van der Waals surface area contributed by atoms with Gasteiger partial charge in [-0.15, -0.1) is 0 Å². The molecule has 2 saturated heterocycles. The largest absolute Gasteiger partial charge is 0.449 e. The van der Waals surface area contributed by atoms with Crippen molar-refractivity contribution in [1.82, 2.24) is 19.5 Å². The summed E-state index contributed by atoms with van der Waals surface area (Å²) < 4.78 is 32.8. The highest BCUT2D eigenvalue weighted by molar-refractivity contribution is 7.89.